The molecular formula is C10H5ClN2OS. The zero-order valence-corrected chi connectivity index (χ0v) is 9.05. The van der Waals surface area contributed by atoms with Crippen LogP contribution in [0.1, 0.15) is 0 Å². The molecule has 0 N–H and O–H groups in total. The van der Waals surface area contributed by atoms with Gasteiger partial charge in [0.25, 0.3) is 5.35 Å². The average Bonchev–Trinajstić information content (AvgIpc) is 2.82. The fourth-order valence-electron chi connectivity index (χ4n) is 1.41. The molecule has 0 aliphatic rings. The highest BCUT2D eigenvalue weighted by Gasteiger charge is 2.06. The number of halogens is 1. The van der Waals surface area contributed by atoms with Gasteiger partial charge in [0.15, 0.2) is 5.58 Å². The van der Waals surface area contributed by atoms with Gasteiger partial charge in [-0.2, -0.15) is 4.98 Å². The summed E-state index contributed by atoms with van der Waals surface area (Å²) in [7, 11) is 0. The van der Waals surface area contributed by atoms with E-state index in [9.17, 15) is 0 Å². The van der Waals surface area contributed by atoms with Crippen molar-refractivity contribution in [1.82, 2.24) is 9.97 Å². The molecule has 0 atom stereocenters. The van der Waals surface area contributed by atoms with Crippen LogP contribution in [0.15, 0.2) is 34.3 Å². The predicted octanol–water partition coefficient (Wildman–Crippen LogP) is 3.60. The molecule has 3 rings (SSSR count). The number of aromatic nitrogens is 2. The van der Waals surface area contributed by atoms with Crippen molar-refractivity contribution in [3.05, 3.63) is 35.3 Å². The first-order valence-corrected chi connectivity index (χ1v) is 5.53. The van der Waals surface area contributed by atoms with Gasteiger partial charge in [-0.3, -0.25) is 4.98 Å². The van der Waals surface area contributed by atoms with Gasteiger partial charge in [-0.15, -0.1) is 11.3 Å². The summed E-state index contributed by atoms with van der Waals surface area (Å²) in [6, 6.07) is 5.78. The van der Waals surface area contributed by atoms with E-state index in [1.807, 2.05) is 24.4 Å². The number of oxazole rings is 1. The van der Waals surface area contributed by atoms with Crippen LogP contribution in [0.25, 0.3) is 21.5 Å². The summed E-state index contributed by atoms with van der Waals surface area (Å²) in [6.45, 7) is 0. The number of hydrogen-bond acceptors (Lipinski definition) is 4. The number of thiazole rings is 1. The molecule has 74 valence electrons. The van der Waals surface area contributed by atoms with E-state index in [0.29, 0.717) is 5.58 Å². The van der Waals surface area contributed by atoms with Crippen molar-refractivity contribution < 1.29 is 4.42 Å². The Balaban J connectivity index is 2.21. The van der Waals surface area contributed by atoms with Crippen molar-refractivity contribution in [2.45, 2.75) is 0 Å². The molecule has 3 nitrogen and oxygen atoms in total. The van der Waals surface area contributed by atoms with Crippen molar-refractivity contribution in [1.29, 1.82) is 0 Å². The Bertz CT molecular complexity index is 603. The lowest BCUT2D eigenvalue weighted by atomic mass is 10.2. The van der Waals surface area contributed by atoms with E-state index >= 15 is 0 Å². The van der Waals surface area contributed by atoms with Gasteiger partial charge < -0.3 is 4.42 Å². The normalized spacial score (nSPS) is 11.0. The zero-order chi connectivity index (χ0) is 10.3. The summed E-state index contributed by atoms with van der Waals surface area (Å²) in [5.74, 6) is 0. The smallest absolute Gasteiger partial charge is 0.293 e. The second-order valence-corrected chi connectivity index (χ2v) is 4.22. The van der Waals surface area contributed by atoms with E-state index in [-0.39, 0.29) is 5.35 Å². The Morgan fingerprint density at radius 2 is 2.27 bits per heavy atom. The lowest BCUT2D eigenvalue weighted by Crippen LogP contribution is -1.73. The first kappa shape index (κ1) is 8.88. The first-order chi connectivity index (χ1) is 7.33. The number of benzene rings is 1. The Labute approximate surface area is 94.3 Å². The molecule has 0 saturated carbocycles. The molecular weight excluding hydrogens is 232 g/mol. The molecule has 0 spiro atoms. The molecule has 0 radical (unpaired) electrons. The van der Waals surface area contributed by atoms with E-state index in [1.54, 1.807) is 16.8 Å². The minimum absolute atomic E-state index is 0.173. The summed E-state index contributed by atoms with van der Waals surface area (Å²) in [4.78, 5) is 9.21. The van der Waals surface area contributed by atoms with Crippen LogP contribution in [-0.4, -0.2) is 9.97 Å². The van der Waals surface area contributed by atoms with Gasteiger partial charge in [-0.1, -0.05) is 0 Å². The minimum atomic E-state index is 0.173. The largest absolute Gasteiger partial charge is 0.428 e. The van der Waals surface area contributed by atoms with Crippen molar-refractivity contribution >= 4 is 34.0 Å². The van der Waals surface area contributed by atoms with E-state index < -0.39 is 0 Å². The van der Waals surface area contributed by atoms with Crippen molar-refractivity contribution in [2.75, 3.05) is 0 Å². The van der Waals surface area contributed by atoms with Crippen LogP contribution in [-0.2, 0) is 0 Å². The number of rotatable bonds is 1. The van der Waals surface area contributed by atoms with Crippen LogP contribution in [0.4, 0.5) is 0 Å². The number of hydrogen-bond donors (Lipinski definition) is 0. The molecule has 0 fully saturated rings. The molecule has 0 aliphatic heterocycles. The van der Waals surface area contributed by atoms with Gasteiger partial charge in [0.05, 0.1) is 10.4 Å². The summed E-state index contributed by atoms with van der Waals surface area (Å²) < 4.78 is 5.18. The van der Waals surface area contributed by atoms with E-state index in [4.69, 9.17) is 16.0 Å². The SMILES string of the molecule is Clc1nc2cc(-c3cncs3)ccc2o1. The summed E-state index contributed by atoms with van der Waals surface area (Å²) in [5, 5.41) is 0.173. The first-order valence-electron chi connectivity index (χ1n) is 4.28. The molecule has 15 heavy (non-hydrogen) atoms. The molecule has 1 aromatic carbocycles. The van der Waals surface area contributed by atoms with E-state index in [0.717, 1.165) is 16.0 Å². The second-order valence-electron chi connectivity index (χ2n) is 3.02. The highest BCUT2D eigenvalue weighted by atomic mass is 35.5. The molecule has 2 aromatic heterocycles. The summed E-state index contributed by atoms with van der Waals surface area (Å²) in [6.07, 6.45) is 1.83. The standard InChI is InChI=1S/C10H5ClN2OS/c11-10-13-7-3-6(1-2-8(7)14-10)9-4-12-5-15-9/h1-5H. The van der Waals surface area contributed by atoms with E-state index in [1.165, 1.54) is 0 Å². The van der Waals surface area contributed by atoms with Crippen LogP contribution < -0.4 is 0 Å². The molecule has 0 amide bonds. The Kier molecular flexibility index (Phi) is 1.97. The maximum atomic E-state index is 5.67. The number of nitrogens with zero attached hydrogens (tertiary/aromatic N) is 2. The maximum absolute atomic E-state index is 5.67. The Hall–Kier alpha value is -1.39. The third-order valence-corrected chi connectivity index (χ3v) is 3.06. The predicted molar refractivity (Wildman–Crippen MR) is 60.1 cm³/mol. The van der Waals surface area contributed by atoms with Crippen LogP contribution in [0.2, 0.25) is 5.35 Å². The van der Waals surface area contributed by atoms with Crippen molar-refractivity contribution in [3.8, 4) is 10.4 Å². The summed E-state index contributed by atoms with van der Waals surface area (Å²) >= 11 is 7.26. The minimum Gasteiger partial charge on any atom is -0.428 e. The fraction of sp³-hybridized carbons (Fsp3) is 0. The molecule has 3 aromatic rings. The molecule has 0 aliphatic carbocycles. The monoisotopic (exact) mass is 236 g/mol. The highest BCUT2D eigenvalue weighted by molar-refractivity contribution is 7.13. The van der Waals surface area contributed by atoms with Crippen LogP contribution >= 0.6 is 22.9 Å². The van der Waals surface area contributed by atoms with Gasteiger partial charge in [0.1, 0.15) is 5.52 Å². The average molecular weight is 237 g/mol. The van der Waals surface area contributed by atoms with Gasteiger partial charge in [0, 0.05) is 6.20 Å². The fourth-order valence-corrected chi connectivity index (χ4v) is 2.21. The van der Waals surface area contributed by atoms with Crippen molar-refractivity contribution in [3.63, 3.8) is 0 Å². The lowest BCUT2D eigenvalue weighted by Gasteiger charge is -1.94. The number of fused-ring (bicyclic) bond motifs is 1. The topological polar surface area (TPSA) is 38.9 Å². The van der Waals surface area contributed by atoms with Gasteiger partial charge in [-0.25, -0.2) is 0 Å². The van der Waals surface area contributed by atoms with Gasteiger partial charge in [-0.05, 0) is 35.4 Å². The lowest BCUT2D eigenvalue weighted by molar-refractivity contribution is 0.604. The molecule has 0 unspecified atom stereocenters. The van der Waals surface area contributed by atoms with E-state index in [2.05, 4.69) is 9.97 Å². The second kappa shape index (κ2) is 3.32. The van der Waals surface area contributed by atoms with Gasteiger partial charge in [0.2, 0.25) is 0 Å². The molecule has 5 heteroatoms. The maximum Gasteiger partial charge on any atom is 0.293 e. The third kappa shape index (κ3) is 1.52. The van der Waals surface area contributed by atoms with Gasteiger partial charge >= 0.3 is 0 Å². The quantitative estimate of drug-likeness (QED) is 0.648. The molecule has 2 heterocycles. The Morgan fingerprint density at radius 3 is 3.07 bits per heavy atom. The molecule has 0 saturated heterocycles. The van der Waals surface area contributed by atoms with Crippen LogP contribution in [0.5, 0.6) is 0 Å². The zero-order valence-electron chi connectivity index (χ0n) is 7.48. The summed E-state index contributed by atoms with van der Waals surface area (Å²) in [5.41, 5.74) is 4.35. The third-order valence-electron chi connectivity index (χ3n) is 2.08. The van der Waals surface area contributed by atoms with Crippen LogP contribution in [0, 0.1) is 0 Å². The Morgan fingerprint density at radius 1 is 1.33 bits per heavy atom. The van der Waals surface area contributed by atoms with Crippen molar-refractivity contribution in [2.24, 2.45) is 0 Å². The highest BCUT2D eigenvalue weighted by Crippen LogP contribution is 2.27. The van der Waals surface area contributed by atoms with Crippen LogP contribution in [0.3, 0.4) is 0 Å². The molecule has 0 bridgehead atoms.